The molecule has 0 radical (unpaired) electrons. The van der Waals surface area contributed by atoms with Gasteiger partial charge in [-0.1, -0.05) is 36.4 Å². The van der Waals surface area contributed by atoms with Crippen molar-refractivity contribution in [2.45, 2.75) is 0 Å². The van der Waals surface area contributed by atoms with E-state index in [0.29, 0.717) is 0 Å². The molecule has 31 heavy (non-hydrogen) atoms. The molecule has 4 rings (SSSR count). The molecule has 1 amide bonds. The maximum Gasteiger partial charge on any atom is 0.337 e. The van der Waals surface area contributed by atoms with Crippen molar-refractivity contribution in [3.63, 3.8) is 0 Å². The molecule has 0 bridgehead atoms. The number of thioether (sulfide) groups is 1. The predicted molar refractivity (Wildman–Crippen MR) is 124 cm³/mol. The Balaban J connectivity index is 1.65. The summed E-state index contributed by atoms with van der Waals surface area (Å²) >= 11 is 1.89. The molecular formula is C24H22N2O4S. The zero-order chi connectivity index (χ0) is 21.8. The van der Waals surface area contributed by atoms with Crippen LogP contribution in [0.25, 0.3) is 11.1 Å². The van der Waals surface area contributed by atoms with Gasteiger partial charge in [0, 0.05) is 30.3 Å². The Bertz CT molecular complexity index is 1110. The van der Waals surface area contributed by atoms with E-state index in [-0.39, 0.29) is 22.6 Å². The first-order chi connectivity index (χ1) is 15.0. The lowest BCUT2D eigenvalue weighted by Gasteiger charge is -2.28. The van der Waals surface area contributed by atoms with Crippen molar-refractivity contribution in [2.75, 3.05) is 34.8 Å². The normalized spacial score (nSPS) is 13.6. The van der Waals surface area contributed by atoms with Gasteiger partial charge in [-0.2, -0.15) is 11.8 Å². The van der Waals surface area contributed by atoms with E-state index in [2.05, 4.69) is 10.2 Å². The number of rotatable bonds is 5. The maximum absolute atomic E-state index is 13.0. The Morgan fingerprint density at radius 3 is 2.32 bits per heavy atom. The van der Waals surface area contributed by atoms with E-state index in [1.807, 2.05) is 42.1 Å². The van der Waals surface area contributed by atoms with Gasteiger partial charge in [-0.15, -0.1) is 0 Å². The summed E-state index contributed by atoms with van der Waals surface area (Å²) in [7, 11) is 0. The Hall–Kier alpha value is -3.45. The van der Waals surface area contributed by atoms with Gasteiger partial charge in [0.05, 0.1) is 16.8 Å². The number of amides is 1. The largest absolute Gasteiger partial charge is 0.507 e. The molecule has 1 aliphatic rings. The van der Waals surface area contributed by atoms with Crippen molar-refractivity contribution in [2.24, 2.45) is 0 Å². The van der Waals surface area contributed by atoms with Crippen molar-refractivity contribution in [1.29, 1.82) is 0 Å². The Morgan fingerprint density at radius 1 is 0.871 bits per heavy atom. The molecule has 1 saturated heterocycles. The molecule has 0 aromatic heterocycles. The first kappa shape index (κ1) is 20.8. The van der Waals surface area contributed by atoms with E-state index < -0.39 is 11.9 Å². The number of anilines is 2. The molecule has 0 aliphatic carbocycles. The fraction of sp³-hybridized carbons (Fsp3) is 0.167. The van der Waals surface area contributed by atoms with Crippen LogP contribution in [0.4, 0.5) is 11.4 Å². The molecule has 6 nitrogen and oxygen atoms in total. The maximum atomic E-state index is 13.0. The van der Waals surface area contributed by atoms with Gasteiger partial charge in [0.1, 0.15) is 5.75 Å². The summed E-state index contributed by atoms with van der Waals surface area (Å²) in [5, 5.41) is 22.6. The SMILES string of the molecule is O=C(Nc1cc(-c2ccccc2)ccc1C(=O)O)c1cc(N2CCSCC2)ccc1O. The molecule has 0 atom stereocenters. The molecule has 0 spiro atoms. The highest BCUT2D eigenvalue weighted by Crippen LogP contribution is 2.29. The minimum absolute atomic E-state index is 0.0169. The van der Waals surface area contributed by atoms with Crippen LogP contribution in [0.5, 0.6) is 5.75 Å². The van der Waals surface area contributed by atoms with E-state index in [4.69, 9.17) is 0 Å². The van der Waals surface area contributed by atoms with Gasteiger partial charge in [-0.25, -0.2) is 4.79 Å². The summed E-state index contributed by atoms with van der Waals surface area (Å²) in [6.45, 7) is 1.75. The summed E-state index contributed by atoms with van der Waals surface area (Å²) in [6, 6.07) is 19.3. The first-order valence-corrected chi connectivity index (χ1v) is 11.1. The number of carbonyl (C=O) groups excluding carboxylic acids is 1. The van der Waals surface area contributed by atoms with E-state index in [0.717, 1.165) is 41.4 Å². The number of carboxylic acids is 1. The van der Waals surface area contributed by atoms with E-state index in [1.54, 1.807) is 24.3 Å². The number of aromatic hydroxyl groups is 1. The van der Waals surface area contributed by atoms with Gasteiger partial charge < -0.3 is 20.4 Å². The van der Waals surface area contributed by atoms with Gasteiger partial charge >= 0.3 is 5.97 Å². The quantitative estimate of drug-likeness (QED) is 0.545. The molecule has 0 saturated carbocycles. The summed E-state index contributed by atoms with van der Waals surface area (Å²) in [5.41, 5.74) is 2.82. The Kier molecular flexibility index (Phi) is 6.13. The lowest BCUT2D eigenvalue weighted by atomic mass is 10.0. The second-order valence-corrected chi connectivity index (χ2v) is 8.41. The third kappa shape index (κ3) is 4.67. The van der Waals surface area contributed by atoms with Crippen LogP contribution >= 0.6 is 11.8 Å². The van der Waals surface area contributed by atoms with Gasteiger partial charge in [-0.05, 0) is 41.5 Å². The standard InChI is InChI=1S/C24H22N2O4S/c27-22-9-7-18(26-10-12-31-13-11-26)15-20(22)23(28)25-21-14-17(6-8-19(21)24(29)30)16-4-2-1-3-5-16/h1-9,14-15,27H,10-13H2,(H,25,28)(H,29,30). The number of nitrogens with one attached hydrogen (secondary N) is 1. The number of carboxylic acid groups (broad SMARTS) is 1. The van der Waals surface area contributed by atoms with Crippen LogP contribution in [0.1, 0.15) is 20.7 Å². The average molecular weight is 435 g/mol. The van der Waals surface area contributed by atoms with Crippen molar-refractivity contribution in [3.05, 3.63) is 77.9 Å². The van der Waals surface area contributed by atoms with Crippen LogP contribution in [0, 0.1) is 0 Å². The van der Waals surface area contributed by atoms with E-state index in [1.165, 1.54) is 12.1 Å². The molecule has 3 N–H and O–H groups in total. The molecular weight excluding hydrogens is 412 g/mol. The first-order valence-electron chi connectivity index (χ1n) is 9.93. The molecule has 1 aliphatic heterocycles. The highest BCUT2D eigenvalue weighted by atomic mass is 32.2. The highest BCUT2D eigenvalue weighted by Gasteiger charge is 2.19. The number of hydrogen-bond acceptors (Lipinski definition) is 5. The van der Waals surface area contributed by atoms with Gasteiger partial charge in [0.2, 0.25) is 0 Å². The predicted octanol–water partition coefficient (Wildman–Crippen LogP) is 4.56. The number of phenols is 1. The summed E-state index contributed by atoms with van der Waals surface area (Å²) in [4.78, 5) is 26.9. The third-order valence-electron chi connectivity index (χ3n) is 5.21. The number of carbonyl (C=O) groups is 2. The lowest BCUT2D eigenvalue weighted by molar-refractivity contribution is 0.0698. The molecule has 1 heterocycles. The zero-order valence-corrected chi connectivity index (χ0v) is 17.6. The van der Waals surface area contributed by atoms with Gasteiger partial charge in [-0.3, -0.25) is 4.79 Å². The molecule has 0 unspecified atom stereocenters. The average Bonchev–Trinajstić information content (AvgIpc) is 2.80. The van der Waals surface area contributed by atoms with Crippen LogP contribution in [-0.4, -0.2) is 46.7 Å². The smallest absolute Gasteiger partial charge is 0.337 e. The highest BCUT2D eigenvalue weighted by molar-refractivity contribution is 7.99. The van der Waals surface area contributed by atoms with Crippen LogP contribution in [-0.2, 0) is 0 Å². The van der Waals surface area contributed by atoms with Crippen LogP contribution in [0.15, 0.2) is 66.7 Å². The van der Waals surface area contributed by atoms with Crippen molar-refractivity contribution in [1.82, 2.24) is 0 Å². The fourth-order valence-corrected chi connectivity index (χ4v) is 4.46. The van der Waals surface area contributed by atoms with Crippen LogP contribution in [0.2, 0.25) is 0 Å². The molecule has 1 fully saturated rings. The summed E-state index contributed by atoms with van der Waals surface area (Å²) < 4.78 is 0. The van der Waals surface area contributed by atoms with Crippen molar-refractivity contribution < 1.29 is 19.8 Å². The Morgan fingerprint density at radius 2 is 1.61 bits per heavy atom. The number of benzene rings is 3. The van der Waals surface area contributed by atoms with E-state index >= 15 is 0 Å². The number of aromatic carboxylic acids is 1. The van der Waals surface area contributed by atoms with Crippen LogP contribution in [0.3, 0.4) is 0 Å². The topological polar surface area (TPSA) is 89.9 Å². The second kappa shape index (κ2) is 9.14. The number of hydrogen-bond donors (Lipinski definition) is 3. The van der Waals surface area contributed by atoms with Crippen LogP contribution < -0.4 is 10.2 Å². The minimum atomic E-state index is -1.14. The lowest BCUT2D eigenvalue weighted by Crippen LogP contribution is -2.32. The Labute approximate surface area is 184 Å². The van der Waals surface area contributed by atoms with E-state index in [9.17, 15) is 19.8 Å². The van der Waals surface area contributed by atoms with Gasteiger partial charge in [0.25, 0.3) is 5.91 Å². The second-order valence-electron chi connectivity index (χ2n) is 7.19. The summed E-state index contributed by atoms with van der Waals surface area (Å²) in [5.74, 6) is 0.175. The molecule has 158 valence electrons. The molecule has 3 aromatic rings. The molecule has 7 heteroatoms. The third-order valence-corrected chi connectivity index (χ3v) is 6.15. The fourth-order valence-electron chi connectivity index (χ4n) is 3.56. The van der Waals surface area contributed by atoms with Gasteiger partial charge in [0.15, 0.2) is 0 Å². The van der Waals surface area contributed by atoms with Crippen molar-refractivity contribution in [3.8, 4) is 16.9 Å². The van der Waals surface area contributed by atoms with Crippen molar-refractivity contribution >= 4 is 35.0 Å². The zero-order valence-electron chi connectivity index (χ0n) is 16.7. The number of nitrogens with zero attached hydrogens (tertiary/aromatic N) is 1. The number of phenolic OH excluding ortho intramolecular Hbond substituents is 1. The minimum Gasteiger partial charge on any atom is -0.507 e. The monoisotopic (exact) mass is 434 g/mol. The molecule has 3 aromatic carbocycles. The summed E-state index contributed by atoms with van der Waals surface area (Å²) in [6.07, 6.45) is 0.